The van der Waals surface area contributed by atoms with Crippen LogP contribution in [0.3, 0.4) is 0 Å². The summed E-state index contributed by atoms with van der Waals surface area (Å²) in [6.07, 6.45) is -5.01. The molecule has 10 heteroatoms. The van der Waals surface area contributed by atoms with E-state index in [0.717, 1.165) is 17.2 Å². The van der Waals surface area contributed by atoms with Gasteiger partial charge >= 0.3 is 6.18 Å². The number of rotatable bonds is 6. The molecule has 0 unspecified atom stereocenters. The van der Waals surface area contributed by atoms with Crippen LogP contribution < -0.4 is 20.0 Å². The van der Waals surface area contributed by atoms with Crippen molar-refractivity contribution in [3.05, 3.63) is 87.2 Å². The van der Waals surface area contributed by atoms with Gasteiger partial charge in [-0.1, -0.05) is 6.07 Å². The summed E-state index contributed by atoms with van der Waals surface area (Å²) >= 11 is 0. The first-order chi connectivity index (χ1) is 16.0. The van der Waals surface area contributed by atoms with Gasteiger partial charge < -0.3 is 28.2 Å². The quantitative estimate of drug-likeness (QED) is 0.398. The van der Waals surface area contributed by atoms with Gasteiger partial charge in [-0.05, 0) is 61.4 Å². The number of aromatic carboxylic acids is 1. The molecule has 0 radical (unpaired) electrons. The number of carbonyl (C=O) groups is 1. The lowest BCUT2D eigenvalue weighted by molar-refractivity contribution is -0.257. The maximum absolute atomic E-state index is 13.7. The molecule has 0 atom stereocenters. The summed E-state index contributed by atoms with van der Waals surface area (Å²) in [5.41, 5.74) is 0.138. The molecule has 0 fully saturated rings. The van der Waals surface area contributed by atoms with E-state index in [2.05, 4.69) is 0 Å². The van der Waals surface area contributed by atoms with Gasteiger partial charge in [0, 0.05) is 6.07 Å². The van der Waals surface area contributed by atoms with Crippen molar-refractivity contribution in [2.45, 2.75) is 26.6 Å². The van der Waals surface area contributed by atoms with Crippen molar-refractivity contribution in [2.24, 2.45) is 0 Å². The third kappa shape index (κ3) is 4.75. The summed E-state index contributed by atoms with van der Waals surface area (Å²) in [4.78, 5) is 23.7. The Bertz CT molecular complexity index is 1430. The van der Waals surface area contributed by atoms with Crippen LogP contribution >= 0.6 is 0 Å². The van der Waals surface area contributed by atoms with Gasteiger partial charge in [0.1, 0.15) is 41.2 Å². The van der Waals surface area contributed by atoms with Crippen LogP contribution in [0.25, 0.3) is 11.0 Å². The number of carboxylic acid groups (broad SMARTS) is 1. The van der Waals surface area contributed by atoms with Crippen LogP contribution in [-0.4, -0.2) is 5.97 Å². The average molecular weight is 473 g/mol. The molecule has 0 bridgehead atoms. The van der Waals surface area contributed by atoms with Gasteiger partial charge in [-0.15, -0.1) is 0 Å². The summed E-state index contributed by atoms with van der Waals surface area (Å²) in [6.45, 7) is 3.27. The van der Waals surface area contributed by atoms with Crippen molar-refractivity contribution in [1.82, 2.24) is 0 Å². The Labute approximate surface area is 189 Å². The van der Waals surface area contributed by atoms with E-state index in [1.165, 1.54) is 36.4 Å². The Kier molecular flexibility index (Phi) is 5.82. The molecule has 34 heavy (non-hydrogen) atoms. The fraction of sp³-hybridized carbons (Fsp3) is 0.167. The summed E-state index contributed by atoms with van der Waals surface area (Å²) in [7, 11) is 0. The number of fused-ring (bicyclic) bond motifs is 1. The predicted octanol–water partition coefficient (Wildman–Crippen LogP) is 4.76. The standard InChI is InChI=1S/C24H17F3O7/c1-12-7-13(2)9-16(8-12)33-21-20(28)17-5-3-14(10-19(17)34-22(21)24(25,26)27)31-11-15-4-6-18(32-15)23(29)30/h3-10H,11H2,1-2H3,(H,29,30)/p-1. The first kappa shape index (κ1) is 23.0. The average Bonchev–Trinajstić information content (AvgIpc) is 3.22. The van der Waals surface area contributed by atoms with Crippen molar-refractivity contribution < 1.29 is 41.4 Å². The fourth-order valence-electron chi connectivity index (χ4n) is 3.35. The van der Waals surface area contributed by atoms with Crippen LogP contribution in [0, 0.1) is 13.8 Å². The number of aryl methyl sites for hydroxylation is 2. The number of carboxylic acids is 1. The minimum atomic E-state index is -5.01. The summed E-state index contributed by atoms with van der Waals surface area (Å²) < 4.78 is 62.1. The van der Waals surface area contributed by atoms with Gasteiger partial charge in [-0.3, -0.25) is 4.79 Å². The van der Waals surface area contributed by atoms with E-state index in [4.69, 9.17) is 18.3 Å². The Morgan fingerprint density at radius 2 is 1.68 bits per heavy atom. The van der Waals surface area contributed by atoms with Crippen LogP contribution in [0.15, 0.2) is 62.2 Å². The number of hydrogen-bond donors (Lipinski definition) is 0. The molecule has 2 heterocycles. The Balaban J connectivity index is 1.70. The molecule has 7 nitrogen and oxygen atoms in total. The molecular weight excluding hydrogens is 457 g/mol. The molecule has 0 spiro atoms. The highest BCUT2D eigenvalue weighted by molar-refractivity contribution is 5.82. The van der Waals surface area contributed by atoms with E-state index in [1.807, 2.05) is 6.07 Å². The van der Waals surface area contributed by atoms with E-state index in [0.29, 0.717) is 0 Å². The van der Waals surface area contributed by atoms with Crippen molar-refractivity contribution in [3.8, 4) is 17.2 Å². The highest BCUT2D eigenvalue weighted by atomic mass is 19.4. The third-order valence-electron chi connectivity index (χ3n) is 4.74. The predicted molar refractivity (Wildman–Crippen MR) is 111 cm³/mol. The van der Waals surface area contributed by atoms with E-state index in [1.54, 1.807) is 13.8 Å². The maximum atomic E-state index is 13.7. The van der Waals surface area contributed by atoms with Crippen molar-refractivity contribution in [2.75, 3.05) is 0 Å². The number of alkyl halides is 3. The second-order valence-corrected chi connectivity index (χ2v) is 7.51. The van der Waals surface area contributed by atoms with Gasteiger partial charge in [0.2, 0.25) is 11.2 Å². The number of furan rings is 1. The van der Waals surface area contributed by atoms with Gasteiger partial charge in [-0.25, -0.2) is 0 Å². The van der Waals surface area contributed by atoms with Gasteiger partial charge in [0.15, 0.2) is 0 Å². The minimum Gasteiger partial charge on any atom is -0.542 e. The van der Waals surface area contributed by atoms with Crippen LogP contribution in [-0.2, 0) is 12.8 Å². The van der Waals surface area contributed by atoms with E-state index in [-0.39, 0.29) is 34.8 Å². The zero-order chi connectivity index (χ0) is 24.6. The number of carbonyl (C=O) groups excluding carboxylic acids is 1. The topological polar surface area (TPSA) is 102 Å². The Hall–Kier alpha value is -4.21. The van der Waals surface area contributed by atoms with E-state index < -0.39 is 34.8 Å². The van der Waals surface area contributed by atoms with Crippen molar-refractivity contribution in [1.29, 1.82) is 0 Å². The number of hydrogen-bond acceptors (Lipinski definition) is 7. The fourth-order valence-corrected chi connectivity index (χ4v) is 3.35. The van der Waals surface area contributed by atoms with Crippen LogP contribution in [0.5, 0.6) is 17.2 Å². The SMILES string of the molecule is Cc1cc(C)cc(Oc2c(C(F)(F)F)oc3cc(OCc4ccc(C(=O)[O-])o4)ccc3c2=O)c1. The van der Waals surface area contributed by atoms with Gasteiger partial charge in [0.25, 0.3) is 5.76 Å². The van der Waals surface area contributed by atoms with Crippen molar-refractivity contribution >= 4 is 16.9 Å². The van der Waals surface area contributed by atoms with Crippen LogP contribution in [0.1, 0.15) is 33.2 Å². The molecule has 0 saturated heterocycles. The molecule has 0 amide bonds. The maximum Gasteiger partial charge on any atom is 0.453 e. The number of halogens is 3. The Morgan fingerprint density at radius 1 is 0.971 bits per heavy atom. The molecule has 176 valence electrons. The Morgan fingerprint density at radius 3 is 2.29 bits per heavy atom. The third-order valence-corrected chi connectivity index (χ3v) is 4.74. The monoisotopic (exact) mass is 473 g/mol. The zero-order valence-corrected chi connectivity index (χ0v) is 17.8. The first-order valence-electron chi connectivity index (χ1n) is 9.88. The van der Waals surface area contributed by atoms with Crippen LogP contribution in [0.4, 0.5) is 13.2 Å². The lowest BCUT2D eigenvalue weighted by atomic mass is 10.1. The van der Waals surface area contributed by atoms with Crippen molar-refractivity contribution in [3.63, 3.8) is 0 Å². The molecule has 2 aromatic carbocycles. The molecular formula is C24H16F3O7-. The molecule has 0 aliphatic rings. The van der Waals surface area contributed by atoms with E-state index in [9.17, 15) is 27.9 Å². The lowest BCUT2D eigenvalue weighted by Crippen LogP contribution is -2.21. The summed E-state index contributed by atoms with van der Waals surface area (Å²) in [6, 6.07) is 11.1. The lowest BCUT2D eigenvalue weighted by Gasteiger charge is -2.14. The zero-order valence-electron chi connectivity index (χ0n) is 17.8. The normalized spacial score (nSPS) is 11.6. The molecule has 4 rings (SSSR count). The van der Waals surface area contributed by atoms with Crippen LogP contribution in [0.2, 0.25) is 0 Å². The molecule has 0 aliphatic carbocycles. The second kappa shape index (κ2) is 8.62. The number of benzene rings is 2. The molecule has 2 aromatic heterocycles. The smallest absolute Gasteiger partial charge is 0.453 e. The highest BCUT2D eigenvalue weighted by Gasteiger charge is 2.40. The van der Waals surface area contributed by atoms with Gasteiger partial charge in [-0.2, -0.15) is 13.2 Å². The molecule has 0 N–H and O–H groups in total. The second-order valence-electron chi connectivity index (χ2n) is 7.51. The van der Waals surface area contributed by atoms with Gasteiger partial charge in [0.05, 0.1) is 5.39 Å². The summed E-state index contributed by atoms with van der Waals surface area (Å²) in [5.74, 6) is -4.16. The molecule has 4 aromatic rings. The highest BCUT2D eigenvalue weighted by Crippen LogP contribution is 2.39. The minimum absolute atomic E-state index is 0.0677. The molecule has 0 aliphatic heterocycles. The molecule has 0 saturated carbocycles. The largest absolute Gasteiger partial charge is 0.542 e. The number of ether oxygens (including phenoxy) is 2. The summed E-state index contributed by atoms with van der Waals surface area (Å²) in [5, 5.41) is 10.6. The van der Waals surface area contributed by atoms with E-state index >= 15 is 0 Å². The first-order valence-corrected chi connectivity index (χ1v) is 9.88.